The van der Waals surface area contributed by atoms with Gasteiger partial charge in [0.1, 0.15) is 60.4 Å². The van der Waals surface area contributed by atoms with Crippen LogP contribution in [0.3, 0.4) is 0 Å². The number of amides is 4. The molecule has 7 heterocycles. The molecule has 2 unspecified atom stereocenters. The first-order valence-corrected chi connectivity index (χ1v) is 21.7. The third-order valence-electron chi connectivity index (χ3n) is 10.7. The van der Waals surface area contributed by atoms with Gasteiger partial charge < -0.3 is 42.4 Å². The van der Waals surface area contributed by atoms with E-state index in [-0.39, 0.29) is 37.2 Å². The smallest absolute Gasteiger partial charge is 0.410 e. The zero-order chi connectivity index (χ0) is 45.6. The van der Waals surface area contributed by atoms with Crippen LogP contribution in [-0.4, -0.2) is 121 Å². The number of benzene rings is 1. The maximum absolute atomic E-state index is 12.5. The van der Waals surface area contributed by atoms with Crippen LogP contribution in [0.25, 0.3) is 11.3 Å². The van der Waals surface area contributed by atoms with Crippen LogP contribution in [-0.2, 0) is 19.1 Å². The van der Waals surface area contributed by atoms with Gasteiger partial charge in [0.2, 0.25) is 0 Å². The molecule has 1 aromatic carbocycles. The molecule has 0 radical (unpaired) electrons. The summed E-state index contributed by atoms with van der Waals surface area (Å²) in [6.07, 6.45) is 10.9. The van der Waals surface area contributed by atoms with E-state index in [9.17, 15) is 19.2 Å². The Bertz CT molecular complexity index is 2420. The lowest BCUT2D eigenvalue weighted by Crippen LogP contribution is -2.42. The van der Waals surface area contributed by atoms with Gasteiger partial charge in [0, 0.05) is 50.4 Å². The molecular formula is C46H58N8O10. The van der Waals surface area contributed by atoms with Crippen LogP contribution in [0, 0.1) is 0 Å². The van der Waals surface area contributed by atoms with Crippen LogP contribution in [0.2, 0.25) is 0 Å². The van der Waals surface area contributed by atoms with Crippen molar-refractivity contribution in [1.29, 1.82) is 0 Å². The van der Waals surface area contributed by atoms with E-state index in [0.29, 0.717) is 49.7 Å². The Balaban J connectivity index is 0.000000201. The van der Waals surface area contributed by atoms with E-state index in [2.05, 4.69) is 4.84 Å². The van der Waals surface area contributed by atoms with Crippen LogP contribution in [0.1, 0.15) is 111 Å². The number of aromatic nitrogens is 4. The Morgan fingerprint density at radius 3 is 1.53 bits per heavy atom. The summed E-state index contributed by atoms with van der Waals surface area (Å²) in [5.74, 6) is 5.70. The molecule has 8 rings (SSSR count). The van der Waals surface area contributed by atoms with E-state index in [1.807, 2.05) is 99.4 Å². The maximum atomic E-state index is 12.5. The van der Waals surface area contributed by atoms with Gasteiger partial charge in [-0.25, -0.2) is 25.5 Å². The van der Waals surface area contributed by atoms with Crippen molar-refractivity contribution >= 4 is 35.3 Å². The molecule has 18 heteroatoms. The molecule has 4 amide bonds. The van der Waals surface area contributed by atoms with Gasteiger partial charge >= 0.3 is 12.2 Å². The molecule has 0 saturated carbocycles. The second kappa shape index (κ2) is 19.7. The first kappa shape index (κ1) is 45.8. The van der Waals surface area contributed by atoms with Crippen molar-refractivity contribution in [2.45, 2.75) is 90.3 Å². The quantitative estimate of drug-likeness (QED) is 0.0830. The van der Waals surface area contributed by atoms with Crippen LogP contribution in [0.15, 0.2) is 73.3 Å². The third kappa shape index (κ3) is 11.5. The van der Waals surface area contributed by atoms with Gasteiger partial charge in [-0.2, -0.15) is 0 Å². The molecule has 0 bridgehead atoms. The fourth-order valence-electron chi connectivity index (χ4n) is 7.75. The van der Waals surface area contributed by atoms with Crippen molar-refractivity contribution in [2.24, 2.45) is 5.90 Å². The van der Waals surface area contributed by atoms with E-state index >= 15 is 0 Å². The number of carbonyl (C=O) groups is 4. The monoisotopic (exact) mass is 882 g/mol. The number of rotatable bonds is 11. The van der Waals surface area contributed by atoms with Crippen molar-refractivity contribution in [1.82, 2.24) is 33.6 Å². The normalized spacial score (nSPS) is 17.9. The van der Waals surface area contributed by atoms with Crippen LogP contribution < -0.4 is 15.4 Å². The molecule has 342 valence electrons. The fourth-order valence-corrected chi connectivity index (χ4v) is 7.75. The highest BCUT2D eigenvalue weighted by atomic mass is 16.7. The van der Waals surface area contributed by atoms with Crippen LogP contribution >= 0.6 is 0 Å². The summed E-state index contributed by atoms with van der Waals surface area (Å²) < 4.78 is 26.2. The van der Waals surface area contributed by atoms with Crippen molar-refractivity contribution in [2.75, 3.05) is 52.6 Å². The second-order valence-electron chi connectivity index (χ2n) is 18.0. The molecule has 0 aliphatic carbocycles. The average molecular weight is 883 g/mol. The number of carbonyl (C=O) groups excluding carboxylic acids is 4. The Morgan fingerprint density at radius 2 is 1.09 bits per heavy atom. The molecule has 2 saturated heterocycles. The fraction of sp³-hybridized carbons (Fsp3) is 0.478. The third-order valence-corrected chi connectivity index (χ3v) is 10.7. The Morgan fingerprint density at radius 1 is 0.641 bits per heavy atom. The summed E-state index contributed by atoms with van der Waals surface area (Å²) in [4.78, 5) is 72.6. The molecule has 2 atom stereocenters. The number of ether oxygens (including phenoxy) is 4. The predicted molar refractivity (Wildman–Crippen MR) is 234 cm³/mol. The van der Waals surface area contributed by atoms with Gasteiger partial charge in [-0.05, 0) is 104 Å². The molecule has 18 nitrogen and oxygen atoms in total. The number of hydroxylamine groups is 2. The number of nitrogens with zero attached hydrogens (tertiary/aromatic N) is 7. The number of piperidine rings is 2. The molecule has 0 spiro atoms. The van der Waals surface area contributed by atoms with Gasteiger partial charge in [-0.3, -0.25) is 14.4 Å². The first-order chi connectivity index (χ1) is 30.5. The molecule has 2 N–H and O–H groups in total. The van der Waals surface area contributed by atoms with E-state index < -0.39 is 23.0 Å². The summed E-state index contributed by atoms with van der Waals surface area (Å²) in [7, 11) is 0. The Labute approximate surface area is 372 Å². The minimum atomic E-state index is -0.529. The van der Waals surface area contributed by atoms with Crippen LogP contribution in [0.5, 0.6) is 11.5 Å². The summed E-state index contributed by atoms with van der Waals surface area (Å²) in [6.45, 7) is 14.7. The zero-order valence-electron chi connectivity index (χ0n) is 37.4. The first-order valence-electron chi connectivity index (χ1n) is 21.7. The van der Waals surface area contributed by atoms with Gasteiger partial charge in [0.15, 0.2) is 0 Å². The SMILES string of the molecule is CC(C)(C)OC(=O)N1CCCC(c2cn3cc(OCCON)ccc3n2)C1.CC(C)(C)OC(=O)N1CCCC(c2cn3cc(OCCON4C(=O)c5ccccc5C4=O)ccc3n2)C1. The Kier molecular flexibility index (Phi) is 14.1. The summed E-state index contributed by atoms with van der Waals surface area (Å²) in [6, 6.07) is 14.1. The maximum Gasteiger partial charge on any atom is 0.410 e. The number of imide groups is 1. The van der Waals surface area contributed by atoms with Crippen molar-refractivity contribution in [3.05, 3.63) is 95.8 Å². The zero-order valence-corrected chi connectivity index (χ0v) is 37.4. The molecule has 64 heavy (non-hydrogen) atoms. The Hall–Kier alpha value is -6.24. The van der Waals surface area contributed by atoms with Crippen molar-refractivity contribution in [3.63, 3.8) is 0 Å². The standard InChI is InChI=1S/C27H30N4O6.C19H28N4O4/c1-27(2,3)37-26(34)29-12-6-7-18(15-29)22-17-30-16-19(10-11-23(30)28-22)35-13-14-36-31-24(32)20-8-4-5-9-21(20)25(31)33;1-19(2,3)27-18(24)22-8-4-5-14(11-22)16-13-23-12-15(25-9-10-26-20)6-7-17(23)21-16/h4-5,8-11,16-18H,6-7,12-15H2,1-3H3;6-7,12-14H,4-5,8-11,20H2,1-3H3. The highest BCUT2D eigenvalue weighted by Crippen LogP contribution is 2.30. The van der Waals surface area contributed by atoms with Gasteiger partial charge in [-0.1, -0.05) is 12.1 Å². The summed E-state index contributed by atoms with van der Waals surface area (Å²) in [5.41, 5.74) is 3.17. The number of pyridine rings is 2. The van der Waals surface area contributed by atoms with Crippen molar-refractivity contribution in [3.8, 4) is 11.5 Å². The topological polar surface area (TPSA) is 194 Å². The van der Waals surface area contributed by atoms with Crippen LogP contribution in [0.4, 0.5) is 9.59 Å². The van der Waals surface area contributed by atoms with E-state index in [1.54, 1.807) is 34.1 Å². The highest BCUT2D eigenvalue weighted by Gasteiger charge is 2.37. The number of hydrogen-bond acceptors (Lipinski definition) is 13. The number of likely N-dealkylation sites (tertiary alicyclic amines) is 2. The minimum absolute atomic E-state index is 0.0290. The van der Waals surface area contributed by atoms with E-state index in [1.165, 1.54) is 0 Å². The largest absolute Gasteiger partial charge is 0.490 e. The van der Waals surface area contributed by atoms with E-state index in [0.717, 1.165) is 65.7 Å². The number of nitrogens with two attached hydrogens (primary N) is 1. The lowest BCUT2D eigenvalue weighted by Gasteiger charge is -2.33. The van der Waals surface area contributed by atoms with Gasteiger partial charge in [-0.15, -0.1) is 5.06 Å². The van der Waals surface area contributed by atoms with E-state index in [4.69, 9.17) is 39.6 Å². The highest BCUT2D eigenvalue weighted by molar-refractivity contribution is 6.20. The molecule has 5 aromatic rings. The second-order valence-corrected chi connectivity index (χ2v) is 18.0. The van der Waals surface area contributed by atoms with Gasteiger partial charge in [0.25, 0.3) is 11.8 Å². The number of imidazole rings is 2. The number of hydrogen-bond donors (Lipinski definition) is 1. The minimum Gasteiger partial charge on any atom is -0.490 e. The lowest BCUT2D eigenvalue weighted by molar-refractivity contribution is -0.0976. The average Bonchev–Trinajstić information content (AvgIpc) is 3.95. The molecule has 3 aliphatic heterocycles. The van der Waals surface area contributed by atoms with Crippen molar-refractivity contribution < 1.29 is 47.8 Å². The lowest BCUT2D eigenvalue weighted by atomic mass is 9.95. The molecule has 2 fully saturated rings. The number of fused-ring (bicyclic) bond motifs is 3. The summed E-state index contributed by atoms with van der Waals surface area (Å²) in [5, 5.41) is 0.782. The molecular weight excluding hydrogens is 825 g/mol. The molecule has 4 aromatic heterocycles. The van der Waals surface area contributed by atoms with Gasteiger partial charge in [0.05, 0.1) is 34.9 Å². The summed E-state index contributed by atoms with van der Waals surface area (Å²) >= 11 is 0. The predicted octanol–water partition coefficient (Wildman–Crippen LogP) is 6.77. The molecule has 3 aliphatic rings.